The van der Waals surface area contributed by atoms with Crippen molar-refractivity contribution in [1.82, 2.24) is 9.88 Å². The van der Waals surface area contributed by atoms with Crippen LogP contribution in [0, 0.1) is 0 Å². The van der Waals surface area contributed by atoms with Crippen molar-refractivity contribution in [3.05, 3.63) is 24.0 Å². The Kier molecular flexibility index (Phi) is 4.96. The van der Waals surface area contributed by atoms with E-state index in [2.05, 4.69) is 16.9 Å². The Balaban J connectivity index is 1.70. The number of nitrogens with two attached hydrogens (primary N) is 1. The third kappa shape index (κ3) is 4.27. The van der Waals surface area contributed by atoms with Gasteiger partial charge in [0, 0.05) is 31.8 Å². The fourth-order valence-corrected chi connectivity index (χ4v) is 2.28. The highest BCUT2D eigenvalue weighted by Gasteiger charge is 2.15. The van der Waals surface area contributed by atoms with Crippen molar-refractivity contribution < 1.29 is 4.74 Å². The van der Waals surface area contributed by atoms with Gasteiger partial charge in [0.25, 0.3) is 0 Å². The van der Waals surface area contributed by atoms with Crippen molar-refractivity contribution in [3.63, 3.8) is 0 Å². The van der Waals surface area contributed by atoms with Crippen LogP contribution < -0.4 is 5.73 Å². The van der Waals surface area contributed by atoms with Crippen LogP contribution in [0.25, 0.3) is 0 Å². The third-order valence-electron chi connectivity index (χ3n) is 3.39. The van der Waals surface area contributed by atoms with Crippen LogP contribution in [0.15, 0.2) is 18.3 Å². The topological polar surface area (TPSA) is 51.4 Å². The maximum atomic E-state index is 5.74. The number of nitrogen functional groups attached to an aromatic ring is 1. The van der Waals surface area contributed by atoms with Gasteiger partial charge in [-0.1, -0.05) is 0 Å². The molecule has 0 bridgehead atoms. The van der Waals surface area contributed by atoms with Crippen LogP contribution in [0.5, 0.6) is 0 Å². The molecule has 2 N–H and O–H groups in total. The number of likely N-dealkylation sites (N-methyl/N-ethyl adjacent to an activating group) is 1. The minimum absolute atomic E-state index is 0.420. The summed E-state index contributed by atoms with van der Waals surface area (Å²) in [6, 6.07) is 3.91. The number of nitrogens with zero attached hydrogens (tertiary/aromatic N) is 2. The molecule has 4 nitrogen and oxygen atoms in total. The van der Waals surface area contributed by atoms with Crippen molar-refractivity contribution in [2.24, 2.45) is 0 Å². The number of rotatable bonds is 5. The molecule has 1 aromatic heterocycles. The lowest BCUT2D eigenvalue weighted by Crippen LogP contribution is -2.34. The molecule has 0 spiro atoms. The molecular formula is C14H23N3O. The maximum Gasteiger partial charge on any atom is 0.0701 e. The summed E-state index contributed by atoms with van der Waals surface area (Å²) in [4.78, 5) is 6.64. The average Bonchev–Trinajstić information content (AvgIpc) is 2.39. The standard InChI is InChI=1S/C14H23N3O/c1-17(11-14-4-2-3-9-18-14)8-7-13-6-5-12(15)10-16-13/h5-6,10,14H,2-4,7-9,11,15H2,1H3. The van der Waals surface area contributed by atoms with Gasteiger partial charge in [-0.2, -0.15) is 0 Å². The van der Waals surface area contributed by atoms with Gasteiger partial charge in [0.1, 0.15) is 0 Å². The molecule has 1 atom stereocenters. The first-order chi connectivity index (χ1) is 8.74. The van der Waals surface area contributed by atoms with E-state index in [9.17, 15) is 0 Å². The summed E-state index contributed by atoms with van der Waals surface area (Å²) in [7, 11) is 2.15. The highest BCUT2D eigenvalue weighted by atomic mass is 16.5. The molecule has 0 aliphatic carbocycles. The SMILES string of the molecule is CN(CCc1ccc(N)cn1)CC1CCCCO1. The third-order valence-corrected chi connectivity index (χ3v) is 3.39. The van der Waals surface area contributed by atoms with Gasteiger partial charge in [0.15, 0.2) is 0 Å². The van der Waals surface area contributed by atoms with Gasteiger partial charge in [0.2, 0.25) is 0 Å². The first-order valence-electron chi connectivity index (χ1n) is 6.74. The molecule has 0 saturated carbocycles. The lowest BCUT2D eigenvalue weighted by Gasteiger charge is -2.27. The normalized spacial score (nSPS) is 20.2. The van der Waals surface area contributed by atoms with Gasteiger partial charge in [-0.3, -0.25) is 4.98 Å². The maximum absolute atomic E-state index is 5.74. The number of ether oxygens (including phenoxy) is 1. The lowest BCUT2D eigenvalue weighted by atomic mass is 10.1. The smallest absolute Gasteiger partial charge is 0.0701 e. The van der Waals surface area contributed by atoms with E-state index in [0.717, 1.165) is 37.5 Å². The van der Waals surface area contributed by atoms with Crippen LogP contribution in [0.1, 0.15) is 25.0 Å². The zero-order chi connectivity index (χ0) is 12.8. The Labute approximate surface area is 109 Å². The molecule has 100 valence electrons. The molecule has 1 unspecified atom stereocenters. The minimum Gasteiger partial charge on any atom is -0.397 e. The molecule has 4 heteroatoms. The summed E-state index contributed by atoms with van der Waals surface area (Å²) >= 11 is 0. The van der Waals surface area contributed by atoms with Crippen LogP contribution in [0.3, 0.4) is 0 Å². The molecular weight excluding hydrogens is 226 g/mol. The fourth-order valence-electron chi connectivity index (χ4n) is 2.28. The summed E-state index contributed by atoms with van der Waals surface area (Å²) in [5.41, 5.74) is 7.44. The van der Waals surface area contributed by atoms with E-state index < -0.39 is 0 Å². The van der Waals surface area contributed by atoms with E-state index in [0.29, 0.717) is 6.10 Å². The molecule has 1 aliphatic heterocycles. The number of aromatic nitrogens is 1. The quantitative estimate of drug-likeness (QED) is 0.863. The number of pyridine rings is 1. The zero-order valence-corrected chi connectivity index (χ0v) is 11.1. The van der Waals surface area contributed by atoms with Crippen LogP contribution >= 0.6 is 0 Å². The summed E-state index contributed by atoms with van der Waals surface area (Å²) < 4.78 is 5.74. The molecule has 1 fully saturated rings. The monoisotopic (exact) mass is 249 g/mol. The lowest BCUT2D eigenvalue weighted by molar-refractivity contribution is -0.00127. The van der Waals surface area contributed by atoms with Crippen LogP contribution in [0.2, 0.25) is 0 Å². The van der Waals surface area contributed by atoms with Crippen molar-refractivity contribution in [2.45, 2.75) is 31.8 Å². The predicted octanol–water partition coefficient (Wildman–Crippen LogP) is 1.71. The first kappa shape index (κ1) is 13.3. The van der Waals surface area contributed by atoms with Crippen LogP contribution in [-0.2, 0) is 11.2 Å². The van der Waals surface area contributed by atoms with Crippen molar-refractivity contribution in [1.29, 1.82) is 0 Å². The van der Waals surface area contributed by atoms with Crippen LogP contribution in [-0.4, -0.2) is 42.7 Å². The van der Waals surface area contributed by atoms with Gasteiger partial charge >= 0.3 is 0 Å². The Morgan fingerprint density at radius 2 is 2.33 bits per heavy atom. The highest BCUT2D eigenvalue weighted by Crippen LogP contribution is 2.13. The summed E-state index contributed by atoms with van der Waals surface area (Å²) in [5.74, 6) is 0. The van der Waals surface area contributed by atoms with Gasteiger partial charge in [0.05, 0.1) is 18.0 Å². The van der Waals surface area contributed by atoms with E-state index in [1.54, 1.807) is 6.20 Å². The van der Waals surface area contributed by atoms with Gasteiger partial charge in [-0.25, -0.2) is 0 Å². The fraction of sp³-hybridized carbons (Fsp3) is 0.643. The van der Waals surface area contributed by atoms with Crippen molar-refractivity contribution in [2.75, 3.05) is 32.5 Å². The Hall–Kier alpha value is -1.13. The Bertz CT molecular complexity index is 347. The Morgan fingerprint density at radius 1 is 1.44 bits per heavy atom. The van der Waals surface area contributed by atoms with E-state index in [1.807, 2.05) is 12.1 Å². The second-order valence-corrected chi connectivity index (χ2v) is 5.08. The molecule has 2 heterocycles. The number of hydrogen-bond donors (Lipinski definition) is 1. The van der Waals surface area contributed by atoms with Crippen LogP contribution in [0.4, 0.5) is 5.69 Å². The Morgan fingerprint density at radius 3 is 3.00 bits per heavy atom. The number of anilines is 1. The van der Waals surface area contributed by atoms with E-state index >= 15 is 0 Å². The first-order valence-corrected chi connectivity index (χ1v) is 6.74. The van der Waals surface area contributed by atoms with E-state index in [1.165, 1.54) is 19.3 Å². The van der Waals surface area contributed by atoms with Crippen molar-refractivity contribution >= 4 is 5.69 Å². The second kappa shape index (κ2) is 6.71. The van der Waals surface area contributed by atoms with E-state index in [-0.39, 0.29) is 0 Å². The molecule has 2 rings (SSSR count). The zero-order valence-electron chi connectivity index (χ0n) is 11.1. The van der Waals surface area contributed by atoms with Gasteiger partial charge in [-0.15, -0.1) is 0 Å². The molecule has 1 saturated heterocycles. The second-order valence-electron chi connectivity index (χ2n) is 5.08. The highest BCUT2D eigenvalue weighted by molar-refractivity contribution is 5.34. The molecule has 0 aromatic carbocycles. The minimum atomic E-state index is 0.420. The van der Waals surface area contributed by atoms with Crippen molar-refractivity contribution in [3.8, 4) is 0 Å². The summed E-state index contributed by atoms with van der Waals surface area (Å²) in [6.07, 6.45) is 6.82. The molecule has 0 amide bonds. The average molecular weight is 249 g/mol. The summed E-state index contributed by atoms with van der Waals surface area (Å²) in [6.45, 7) is 2.96. The molecule has 1 aliphatic rings. The van der Waals surface area contributed by atoms with Gasteiger partial charge in [-0.05, 0) is 38.4 Å². The summed E-state index contributed by atoms with van der Waals surface area (Å²) in [5, 5.41) is 0. The predicted molar refractivity (Wildman–Crippen MR) is 73.4 cm³/mol. The largest absolute Gasteiger partial charge is 0.397 e. The molecule has 18 heavy (non-hydrogen) atoms. The van der Waals surface area contributed by atoms with Gasteiger partial charge < -0.3 is 15.4 Å². The van der Waals surface area contributed by atoms with E-state index in [4.69, 9.17) is 10.5 Å². The number of hydrogen-bond acceptors (Lipinski definition) is 4. The molecule has 1 aromatic rings. The molecule has 0 radical (unpaired) electrons.